The second-order valence-electron chi connectivity index (χ2n) is 3.50. The van der Waals surface area contributed by atoms with Crippen LogP contribution in [0.5, 0.6) is 0 Å². The van der Waals surface area contributed by atoms with Gasteiger partial charge in [0.15, 0.2) is 0 Å². The predicted octanol–water partition coefficient (Wildman–Crippen LogP) is 2.75. The molecule has 1 rings (SSSR count). The van der Waals surface area contributed by atoms with Crippen molar-refractivity contribution in [2.75, 3.05) is 13.6 Å². The van der Waals surface area contributed by atoms with Crippen LogP contribution < -0.4 is 0 Å². The van der Waals surface area contributed by atoms with Crippen molar-refractivity contribution in [3.8, 4) is 0 Å². The number of rotatable bonds is 4. The quantitative estimate of drug-likeness (QED) is 0.772. The fourth-order valence-electron chi connectivity index (χ4n) is 1.31. The van der Waals surface area contributed by atoms with E-state index >= 15 is 0 Å². The van der Waals surface area contributed by atoms with Crippen molar-refractivity contribution in [3.63, 3.8) is 0 Å². The number of carbonyl (C=O) groups is 1. The normalized spacial score (nSPS) is 10.1. The van der Waals surface area contributed by atoms with Gasteiger partial charge in [0.2, 0.25) is 5.91 Å². The van der Waals surface area contributed by atoms with Crippen LogP contribution in [-0.2, 0) is 11.2 Å². The molecule has 0 bridgehead atoms. The Morgan fingerprint density at radius 2 is 2.07 bits per heavy atom. The molecule has 1 aromatic carbocycles. The Balaban J connectivity index is 2.51. The molecule has 0 unspecified atom stereocenters. The van der Waals surface area contributed by atoms with Gasteiger partial charge < -0.3 is 4.90 Å². The van der Waals surface area contributed by atoms with Crippen molar-refractivity contribution < 1.29 is 4.79 Å². The van der Waals surface area contributed by atoms with Crippen LogP contribution in [0.15, 0.2) is 24.3 Å². The second kappa shape index (κ2) is 5.76. The minimum Gasteiger partial charge on any atom is -0.346 e. The van der Waals surface area contributed by atoms with Crippen LogP contribution in [0.1, 0.15) is 18.9 Å². The first-order chi connectivity index (χ1) is 7.15. The van der Waals surface area contributed by atoms with Gasteiger partial charge in [-0.05, 0) is 25.0 Å². The molecule has 0 spiro atoms. The lowest BCUT2D eigenvalue weighted by molar-refractivity contribution is -0.129. The number of carbonyl (C=O) groups excluding carboxylic acids is 1. The highest BCUT2D eigenvalue weighted by atomic mass is 35.5. The highest BCUT2D eigenvalue weighted by Gasteiger charge is 2.07. The summed E-state index contributed by atoms with van der Waals surface area (Å²) in [5, 5.41) is 0.740. The average molecular weight is 226 g/mol. The summed E-state index contributed by atoms with van der Waals surface area (Å²) in [6.45, 7) is 2.72. The molecule has 0 heterocycles. The van der Waals surface area contributed by atoms with Crippen LogP contribution in [0.2, 0.25) is 5.02 Å². The summed E-state index contributed by atoms with van der Waals surface area (Å²) in [6.07, 6.45) is 1.23. The van der Waals surface area contributed by atoms with Crippen LogP contribution in [0.25, 0.3) is 0 Å². The van der Waals surface area contributed by atoms with E-state index in [1.807, 2.05) is 38.2 Å². The minimum atomic E-state index is 0.164. The maximum atomic E-state index is 11.5. The molecule has 0 saturated heterocycles. The van der Waals surface area contributed by atoms with Crippen LogP contribution >= 0.6 is 11.6 Å². The van der Waals surface area contributed by atoms with E-state index in [9.17, 15) is 4.79 Å². The minimum absolute atomic E-state index is 0.164. The van der Waals surface area contributed by atoms with Crippen LogP contribution in [0.4, 0.5) is 0 Å². The van der Waals surface area contributed by atoms with Gasteiger partial charge in [0.25, 0.3) is 0 Å². The Labute approximate surface area is 95.8 Å². The fourth-order valence-corrected chi connectivity index (χ4v) is 1.54. The predicted molar refractivity (Wildman–Crippen MR) is 63.1 cm³/mol. The smallest absolute Gasteiger partial charge is 0.222 e. The number of hydrogen-bond donors (Lipinski definition) is 0. The number of halogens is 1. The lowest BCUT2D eigenvalue weighted by atomic mass is 10.1. The molecule has 0 saturated carbocycles. The topological polar surface area (TPSA) is 20.3 Å². The molecular formula is C12H16ClNO. The van der Waals surface area contributed by atoms with Crippen molar-refractivity contribution in [2.24, 2.45) is 0 Å². The molecule has 15 heavy (non-hydrogen) atoms. The highest BCUT2D eigenvalue weighted by molar-refractivity contribution is 6.31. The van der Waals surface area contributed by atoms with Crippen molar-refractivity contribution in [1.82, 2.24) is 4.90 Å². The van der Waals surface area contributed by atoms with E-state index in [2.05, 4.69) is 0 Å². The summed E-state index contributed by atoms with van der Waals surface area (Å²) in [6, 6.07) is 7.65. The zero-order valence-corrected chi connectivity index (χ0v) is 9.92. The van der Waals surface area contributed by atoms with Crippen molar-refractivity contribution in [3.05, 3.63) is 34.9 Å². The molecule has 3 heteroatoms. The molecule has 0 atom stereocenters. The molecule has 0 aliphatic rings. The summed E-state index contributed by atoms with van der Waals surface area (Å²) in [5.74, 6) is 0.164. The molecule has 1 amide bonds. The summed E-state index contributed by atoms with van der Waals surface area (Å²) >= 11 is 6.00. The van der Waals surface area contributed by atoms with Crippen LogP contribution in [-0.4, -0.2) is 24.4 Å². The molecule has 0 aromatic heterocycles. The van der Waals surface area contributed by atoms with Crippen molar-refractivity contribution in [2.45, 2.75) is 19.8 Å². The Kier molecular flexibility index (Phi) is 4.63. The third-order valence-corrected chi connectivity index (χ3v) is 2.83. The van der Waals surface area contributed by atoms with Gasteiger partial charge in [0.05, 0.1) is 0 Å². The number of benzene rings is 1. The Morgan fingerprint density at radius 3 is 2.67 bits per heavy atom. The zero-order chi connectivity index (χ0) is 11.3. The third-order valence-electron chi connectivity index (χ3n) is 2.47. The van der Waals surface area contributed by atoms with Crippen LogP contribution in [0, 0.1) is 0 Å². The summed E-state index contributed by atoms with van der Waals surface area (Å²) in [5.41, 5.74) is 1.04. The first kappa shape index (κ1) is 12.1. The summed E-state index contributed by atoms with van der Waals surface area (Å²) in [4.78, 5) is 13.3. The van der Waals surface area contributed by atoms with Gasteiger partial charge >= 0.3 is 0 Å². The number of aryl methyl sites for hydroxylation is 1. The van der Waals surface area contributed by atoms with E-state index in [-0.39, 0.29) is 5.91 Å². The van der Waals surface area contributed by atoms with Gasteiger partial charge in [-0.3, -0.25) is 4.79 Å². The van der Waals surface area contributed by atoms with Crippen molar-refractivity contribution in [1.29, 1.82) is 0 Å². The van der Waals surface area contributed by atoms with Crippen molar-refractivity contribution >= 4 is 17.5 Å². The zero-order valence-electron chi connectivity index (χ0n) is 9.16. The SMILES string of the molecule is CCN(C)C(=O)CCc1ccccc1Cl. The van der Waals surface area contributed by atoms with E-state index in [1.54, 1.807) is 4.90 Å². The van der Waals surface area contributed by atoms with Gasteiger partial charge in [-0.15, -0.1) is 0 Å². The fraction of sp³-hybridized carbons (Fsp3) is 0.417. The number of hydrogen-bond acceptors (Lipinski definition) is 1. The van der Waals surface area contributed by atoms with Gasteiger partial charge in [-0.2, -0.15) is 0 Å². The van der Waals surface area contributed by atoms with E-state index in [4.69, 9.17) is 11.6 Å². The maximum absolute atomic E-state index is 11.5. The van der Waals surface area contributed by atoms with E-state index < -0.39 is 0 Å². The standard InChI is InChI=1S/C12H16ClNO/c1-3-14(2)12(15)9-8-10-6-4-5-7-11(10)13/h4-7H,3,8-9H2,1-2H3. The molecule has 0 aliphatic carbocycles. The lowest BCUT2D eigenvalue weighted by Gasteiger charge is -2.14. The van der Waals surface area contributed by atoms with Gasteiger partial charge in [-0.25, -0.2) is 0 Å². The molecular weight excluding hydrogens is 210 g/mol. The lowest BCUT2D eigenvalue weighted by Crippen LogP contribution is -2.26. The maximum Gasteiger partial charge on any atom is 0.222 e. The summed E-state index contributed by atoms with van der Waals surface area (Å²) < 4.78 is 0. The van der Waals surface area contributed by atoms with E-state index in [0.29, 0.717) is 12.8 Å². The molecule has 82 valence electrons. The van der Waals surface area contributed by atoms with Gasteiger partial charge in [0.1, 0.15) is 0 Å². The average Bonchev–Trinajstić information content (AvgIpc) is 2.26. The molecule has 0 fully saturated rings. The Hall–Kier alpha value is -1.02. The first-order valence-corrected chi connectivity index (χ1v) is 5.50. The number of amides is 1. The van der Waals surface area contributed by atoms with Crippen LogP contribution in [0.3, 0.4) is 0 Å². The Morgan fingerprint density at radius 1 is 1.40 bits per heavy atom. The third kappa shape index (κ3) is 3.56. The monoisotopic (exact) mass is 225 g/mol. The Bertz CT molecular complexity index is 338. The van der Waals surface area contributed by atoms with Gasteiger partial charge in [0, 0.05) is 25.0 Å². The highest BCUT2D eigenvalue weighted by Crippen LogP contribution is 2.16. The number of nitrogens with zero attached hydrogens (tertiary/aromatic N) is 1. The first-order valence-electron chi connectivity index (χ1n) is 5.12. The van der Waals surface area contributed by atoms with E-state index in [1.165, 1.54) is 0 Å². The molecule has 0 N–H and O–H groups in total. The second-order valence-corrected chi connectivity index (χ2v) is 3.91. The molecule has 0 aliphatic heterocycles. The molecule has 1 aromatic rings. The van der Waals surface area contributed by atoms with E-state index in [0.717, 1.165) is 17.1 Å². The molecule has 0 radical (unpaired) electrons. The largest absolute Gasteiger partial charge is 0.346 e. The van der Waals surface area contributed by atoms with Gasteiger partial charge in [-0.1, -0.05) is 29.8 Å². The molecule has 2 nitrogen and oxygen atoms in total. The summed E-state index contributed by atoms with van der Waals surface area (Å²) in [7, 11) is 1.81.